The van der Waals surface area contributed by atoms with Crippen LogP contribution in [0.1, 0.15) is 39.7 Å². The Morgan fingerprint density at radius 3 is 2.55 bits per heavy atom. The zero-order chi connectivity index (χ0) is 15.2. The molecule has 2 atom stereocenters. The zero-order valence-electron chi connectivity index (χ0n) is 13.2. The highest BCUT2D eigenvalue weighted by Gasteiger charge is 2.35. The minimum absolute atomic E-state index is 0.206. The first kappa shape index (κ1) is 17.0. The smallest absolute Gasteiger partial charge is 0.119 e. The molecule has 0 amide bonds. The Morgan fingerprint density at radius 1 is 1.30 bits per heavy atom. The van der Waals surface area contributed by atoms with Crippen LogP contribution in [0, 0.1) is 11.8 Å². The highest BCUT2D eigenvalue weighted by atomic mass is 16.5. The van der Waals surface area contributed by atoms with E-state index in [1.807, 2.05) is 18.2 Å². The maximum absolute atomic E-state index is 10.8. The van der Waals surface area contributed by atoms with E-state index in [-0.39, 0.29) is 11.8 Å². The molecule has 0 saturated heterocycles. The standard InChI is InChI=1S/C17H29NO2/c1-5-17(19,13(2)3)14(4)11-15-7-6-8-16(12-15)20-10-9-18/h6-8,12-14,19H,5,9-11,18H2,1-4H3. The van der Waals surface area contributed by atoms with Crippen LogP contribution in [0.3, 0.4) is 0 Å². The maximum Gasteiger partial charge on any atom is 0.119 e. The van der Waals surface area contributed by atoms with Crippen molar-refractivity contribution in [3.05, 3.63) is 29.8 Å². The average molecular weight is 279 g/mol. The highest BCUT2D eigenvalue weighted by molar-refractivity contribution is 5.29. The van der Waals surface area contributed by atoms with Gasteiger partial charge in [0, 0.05) is 6.54 Å². The monoisotopic (exact) mass is 279 g/mol. The summed E-state index contributed by atoms with van der Waals surface area (Å²) in [7, 11) is 0. The Hall–Kier alpha value is -1.06. The fraction of sp³-hybridized carbons (Fsp3) is 0.647. The van der Waals surface area contributed by atoms with Crippen LogP contribution >= 0.6 is 0 Å². The molecular weight excluding hydrogens is 250 g/mol. The molecule has 3 N–H and O–H groups in total. The van der Waals surface area contributed by atoms with E-state index in [1.165, 1.54) is 5.56 Å². The van der Waals surface area contributed by atoms with Gasteiger partial charge in [-0.05, 0) is 42.4 Å². The van der Waals surface area contributed by atoms with Crippen LogP contribution < -0.4 is 10.5 Å². The summed E-state index contributed by atoms with van der Waals surface area (Å²) >= 11 is 0. The van der Waals surface area contributed by atoms with Gasteiger partial charge in [-0.3, -0.25) is 0 Å². The molecule has 0 radical (unpaired) electrons. The van der Waals surface area contributed by atoms with Gasteiger partial charge in [-0.1, -0.05) is 39.8 Å². The van der Waals surface area contributed by atoms with Crippen molar-refractivity contribution in [3.63, 3.8) is 0 Å². The van der Waals surface area contributed by atoms with E-state index in [1.54, 1.807) is 0 Å². The molecule has 0 aliphatic rings. The van der Waals surface area contributed by atoms with Crippen molar-refractivity contribution in [3.8, 4) is 5.75 Å². The second-order valence-electron chi connectivity index (χ2n) is 5.89. The van der Waals surface area contributed by atoms with Crippen LogP contribution in [0.15, 0.2) is 24.3 Å². The van der Waals surface area contributed by atoms with Gasteiger partial charge in [0.05, 0.1) is 5.60 Å². The van der Waals surface area contributed by atoms with Gasteiger partial charge in [0.2, 0.25) is 0 Å². The molecule has 0 aliphatic carbocycles. The van der Waals surface area contributed by atoms with Crippen LogP contribution in [0.5, 0.6) is 5.75 Å². The quantitative estimate of drug-likeness (QED) is 0.769. The van der Waals surface area contributed by atoms with Crippen molar-refractivity contribution in [2.75, 3.05) is 13.2 Å². The van der Waals surface area contributed by atoms with Crippen molar-refractivity contribution in [1.82, 2.24) is 0 Å². The van der Waals surface area contributed by atoms with Crippen molar-refractivity contribution in [1.29, 1.82) is 0 Å². The van der Waals surface area contributed by atoms with E-state index in [0.717, 1.165) is 18.6 Å². The predicted octanol–water partition coefficient (Wildman–Crippen LogP) is 3.00. The second-order valence-corrected chi connectivity index (χ2v) is 5.89. The number of rotatable bonds is 8. The lowest BCUT2D eigenvalue weighted by Gasteiger charge is -2.37. The molecule has 3 nitrogen and oxygen atoms in total. The zero-order valence-corrected chi connectivity index (χ0v) is 13.2. The average Bonchev–Trinajstić information content (AvgIpc) is 2.44. The third kappa shape index (κ3) is 4.22. The summed E-state index contributed by atoms with van der Waals surface area (Å²) in [5, 5.41) is 10.8. The molecule has 0 bridgehead atoms. The fourth-order valence-electron chi connectivity index (χ4n) is 2.80. The molecule has 0 aromatic heterocycles. The Kier molecular flexibility index (Phi) is 6.50. The van der Waals surface area contributed by atoms with Gasteiger partial charge in [0.25, 0.3) is 0 Å². The van der Waals surface area contributed by atoms with E-state index in [9.17, 15) is 5.11 Å². The molecule has 3 heteroatoms. The molecule has 0 spiro atoms. The number of benzene rings is 1. The minimum atomic E-state index is -0.617. The number of nitrogens with two attached hydrogens (primary N) is 1. The van der Waals surface area contributed by atoms with Crippen molar-refractivity contribution in [2.45, 2.75) is 46.1 Å². The fourth-order valence-corrected chi connectivity index (χ4v) is 2.80. The van der Waals surface area contributed by atoms with Gasteiger partial charge in [-0.15, -0.1) is 0 Å². The van der Waals surface area contributed by atoms with Crippen molar-refractivity contribution in [2.24, 2.45) is 17.6 Å². The summed E-state index contributed by atoms with van der Waals surface area (Å²) in [6.07, 6.45) is 1.62. The van der Waals surface area contributed by atoms with Crippen molar-refractivity contribution < 1.29 is 9.84 Å². The Labute approximate surface area is 123 Å². The number of hydrogen-bond acceptors (Lipinski definition) is 3. The third-order valence-electron chi connectivity index (χ3n) is 4.25. The maximum atomic E-state index is 10.8. The lowest BCUT2D eigenvalue weighted by atomic mass is 9.75. The molecule has 0 heterocycles. The van der Waals surface area contributed by atoms with E-state index < -0.39 is 5.60 Å². The number of hydrogen-bond donors (Lipinski definition) is 2. The molecule has 1 rings (SSSR count). The highest BCUT2D eigenvalue weighted by Crippen LogP contribution is 2.32. The summed E-state index contributed by atoms with van der Waals surface area (Å²) in [4.78, 5) is 0. The summed E-state index contributed by atoms with van der Waals surface area (Å²) in [6.45, 7) is 9.39. The Morgan fingerprint density at radius 2 is 2.00 bits per heavy atom. The van der Waals surface area contributed by atoms with E-state index in [2.05, 4.69) is 33.8 Å². The summed E-state index contributed by atoms with van der Waals surface area (Å²) in [5.74, 6) is 1.31. The molecular formula is C17H29NO2. The van der Waals surface area contributed by atoms with Gasteiger partial charge >= 0.3 is 0 Å². The summed E-state index contributed by atoms with van der Waals surface area (Å²) in [6, 6.07) is 8.07. The van der Waals surface area contributed by atoms with Crippen molar-refractivity contribution >= 4 is 0 Å². The first-order valence-corrected chi connectivity index (χ1v) is 7.58. The topological polar surface area (TPSA) is 55.5 Å². The van der Waals surface area contributed by atoms with Crippen LogP contribution in [0.4, 0.5) is 0 Å². The van der Waals surface area contributed by atoms with Crippen LogP contribution in [-0.4, -0.2) is 23.9 Å². The van der Waals surface area contributed by atoms with Gasteiger partial charge in [0.15, 0.2) is 0 Å². The predicted molar refractivity (Wildman–Crippen MR) is 83.9 cm³/mol. The molecule has 114 valence electrons. The Bertz CT molecular complexity index is 406. The van der Waals surface area contributed by atoms with E-state index in [0.29, 0.717) is 13.2 Å². The van der Waals surface area contributed by atoms with E-state index >= 15 is 0 Å². The SMILES string of the molecule is CCC(O)(C(C)C)C(C)Cc1cccc(OCCN)c1. The first-order valence-electron chi connectivity index (χ1n) is 7.58. The van der Waals surface area contributed by atoms with Gasteiger partial charge in [0.1, 0.15) is 12.4 Å². The van der Waals surface area contributed by atoms with Gasteiger partial charge in [-0.2, -0.15) is 0 Å². The van der Waals surface area contributed by atoms with Crippen LogP contribution in [0.25, 0.3) is 0 Å². The number of ether oxygens (including phenoxy) is 1. The van der Waals surface area contributed by atoms with Crippen LogP contribution in [-0.2, 0) is 6.42 Å². The lowest BCUT2D eigenvalue weighted by molar-refractivity contribution is -0.0557. The molecule has 0 aliphatic heterocycles. The van der Waals surface area contributed by atoms with Gasteiger partial charge < -0.3 is 15.6 Å². The van der Waals surface area contributed by atoms with Crippen LogP contribution in [0.2, 0.25) is 0 Å². The molecule has 0 fully saturated rings. The van der Waals surface area contributed by atoms with Gasteiger partial charge in [-0.25, -0.2) is 0 Å². The molecule has 1 aromatic rings. The third-order valence-corrected chi connectivity index (χ3v) is 4.25. The molecule has 2 unspecified atom stereocenters. The Balaban J connectivity index is 2.77. The summed E-state index contributed by atoms with van der Waals surface area (Å²) in [5.41, 5.74) is 6.02. The lowest BCUT2D eigenvalue weighted by Crippen LogP contribution is -2.42. The normalized spacial score (nSPS) is 15.9. The molecule has 1 aromatic carbocycles. The van der Waals surface area contributed by atoms with E-state index in [4.69, 9.17) is 10.5 Å². The first-order chi connectivity index (χ1) is 9.43. The molecule has 20 heavy (non-hydrogen) atoms. The number of aliphatic hydroxyl groups is 1. The molecule has 0 saturated carbocycles. The second kappa shape index (κ2) is 7.65. The largest absolute Gasteiger partial charge is 0.492 e. The minimum Gasteiger partial charge on any atom is -0.492 e. The summed E-state index contributed by atoms with van der Waals surface area (Å²) < 4.78 is 5.55.